The molecule has 0 saturated carbocycles. The predicted octanol–water partition coefficient (Wildman–Crippen LogP) is 0.482. The molecule has 0 saturated heterocycles. The molecule has 1 amide bonds. The third-order valence-electron chi connectivity index (χ3n) is 2.42. The largest absolute Gasteiger partial charge is 0.478 e. The molecule has 0 fully saturated rings. The van der Waals surface area contributed by atoms with Crippen LogP contribution in [0, 0.1) is 6.92 Å². The number of amides is 1. The molecule has 0 aliphatic rings. The average molecular weight is 298 g/mol. The zero-order valence-electron chi connectivity index (χ0n) is 10.9. The summed E-state index contributed by atoms with van der Waals surface area (Å²) >= 11 is 0. The second-order valence-electron chi connectivity index (χ2n) is 3.85. The molecule has 0 aliphatic heterocycles. The third kappa shape index (κ3) is 4.18. The molecule has 108 valence electrons. The van der Waals surface area contributed by atoms with Crippen LogP contribution in [0.3, 0.4) is 0 Å². The number of hydrogen-bond acceptors (Lipinski definition) is 4. The fraction of sp³-hybridized carbons (Fsp3) is 0.167. The molecule has 0 bridgehead atoms. The quantitative estimate of drug-likeness (QED) is 0.684. The minimum absolute atomic E-state index is 0.00288. The molecule has 8 heteroatoms. The predicted molar refractivity (Wildman–Crippen MR) is 72.8 cm³/mol. The van der Waals surface area contributed by atoms with E-state index in [-0.39, 0.29) is 4.90 Å². The van der Waals surface area contributed by atoms with Crippen LogP contribution < -0.4 is 10.0 Å². The van der Waals surface area contributed by atoms with Crippen LogP contribution in [-0.4, -0.2) is 32.4 Å². The number of hydrogen-bond donors (Lipinski definition) is 3. The van der Waals surface area contributed by atoms with E-state index in [1.165, 1.54) is 19.2 Å². The molecule has 20 heavy (non-hydrogen) atoms. The van der Waals surface area contributed by atoms with Gasteiger partial charge in [0.1, 0.15) is 0 Å². The molecule has 0 radical (unpaired) electrons. The van der Waals surface area contributed by atoms with Gasteiger partial charge in [-0.1, -0.05) is 6.07 Å². The Kier molecular flexibility index (Phi) is 5.00. The van der Waals surface area contributed by atoms with Gasteiger partial charge in [0, 0.05) is 17.8 Å². The molecule has 7 nitrogen and oxygen atoms in total. The number of sulfonamides is 1. The number of carboxylic acids is 1. The van der Waals surface area contributed by atoms with Crippen LogP contribution in [0.25, 0.3) is 0 Å². The van der Waals surface area contributed by atoms with E-state index in [0.717, 1.165) is 6.08 Å². The maximum atomic E-state index is 11.6. The summed E-state index contributed by atoms with van der Waals surface area (Å²) in [5.74, 6) is -1.90. The van der Waals surface area contributed by atoms with E-state index in [4.69, 9.17) is 5.11 Å². The summed E-state index contributed by atoms with van der Waals surface area (Å²) in [4.78, 5) is 21.8. The normalized spacial score (nSPS) is 11.5. The highest BCUT2D eigenvalue weighted by molar-refractivity contribution is 7.89. The smallest absolute Gasteiger partial charge is 0.328 e. The highest BCUT2D eigenvalue weighted by atomic mass is 32.2. The van der Waals surface area contributed by atoms with Crippen molar-refractivity contribution < 1.29 is 23.1 Å². The summed E-state index contributed by atoms with van der Waals surface area (Å²) < 4.78 is 25.5. The van der Waals surface area contributed by atoms with Gasteiger partial charge in [0.2, 0.25) is 15.9 Å². The second kappa shape index (κ2) is 6.31. The van der Waals surface area contributed by atoms with Crippen molar-refractivity contribution in [1.29, 1.82) is 0 Å². The lowest BCUT2D eigenvalue weighted by molar-refractivity contribution is -0.131. The Balaban J connectivity index is 3.04. The van der Waals surface area contributed by atoms with E-state index in [2.05, 4.69) is 10.0 Å². The SMILES string of the molecule is CNS(=O)(=O)c1ccc(C)c(NC(=O)/C=C/C(=O)O)c1. The third-order valence-corrected chi connectivity index (χ3v) is 3.84. The molecule has 1 rings (SSSR count). The average Bonchev–Trinajstić information content (AvgIpc) is 2.38. The number of carbonyl (C=O) groups excluding carboxylic acids is 1. The summed E-state index contributed by atoms with van der Waals surface area (Å²) in [5.41, 5.74) is 0.943. The number of aliphatic carboxylic acids is 1. The van der Waals surface area contributed by atoms with Crippen LogP contribution in [0.4, 0.5) is 5.69 Å². The monoisotopic (exact) mass is 298 g/mol. The maximum absolute atomic E-state index is 11.6. The molecule has 1 aromatic rings. The van der Waals surface area contributed by atoms with E-state index in [1.54, 1.807) is 13.0 Å². The first kappa shape index (κ1) is 15.9. The first-order chi connectivity index (χ1) is 9.26. The second-order valence-corrected chi connectivity index (χ2v) is 5.73. The van der Waals surface area contributed by atoms with Gasteiger partial charge in [-0.3, -0.25) is 4.79 Å². The Labute approximate surface area is 116 Å². The number of benzene rings is 1. The molecule has 0 unspecified atom stereocenters. The van der Waals surface area contributed by atoms with Crippen LogP contribution in [0.15, 0.2) is 35.2 Å². The zero-order chi connectivity index (χ0) is 15.3. The van der Waals surface area contributed by atoms with Gasteiger partial charge in [-0.05, 0) is 31.7 Å². The van der Waals surface area contributed by atoms with Gasteiger partial charge in [-0.15, -0.1) is 0 Å². The molecule has 0 atom stereocenters. The van der Waals surface area contributed by atoms with Gasteiger partial charge < -0.3 is 10.4 Å². The van der Waals surface area contributed by atoms with Gasteiger partial charge >= 0.3 is 5.97 Å². The fourth-order valence-corrected chi connectivity index (χ4v) is 2.10. The fourth-order valence-electron chi connectivity index (χ4n) is 1.34. The molecule has 1 aromatic carbocycles. The lowest BCUT2D eigenvalue weighted by Crippen LogP contribution is -2.19. The van der Waals surface area contributed by atoms with Gasteiger partial charge in [0.15, 0.2) is 0 Å². The van der Waals surface area contributed by atoms with Crippen molar-refractivity contribution in [2.45, 2.75) is 11.8 Å². The number of nitrogens with one attached hydrogen (secondary N) is 2. The maximum Gasteiger partial charge on any atom is 0.328 e. The molecular formula is C12H14N2O5S. The summed E-state index contributed by atoms with van der Waals surface area (Å²) in [6, 6.07) is 4.25. The van der Waals surface area contributed by atoms with E-state index >= 15 is 0 Å². The molecular weight excluding hydrogens is 284 g/mol. The van der Waals surface area contributed by atoms with Crippen molar-refractivity contribution in [2.24, 2.45) is 0 Å². The van der Waals surface area contributed by atoms with Crippen molar-refractivity contribution in [3.63, 3.8) is 0 Å². The van der Waals surface area contributed by atoms with Crippen molar-refractivity contribution in [3.8, 4) is 0 Å². The minimum atomic E-state index is -3.61. The first-order valence-electron chi connectivity index (χ1n) is 5.52. The van der Waals surface area contributed by atoms with Gasteiger partial charge in [0.25, 0.3) is 0 Å². The van der Waals surface area contributed by atoms with Gasteiger partial charge in [-0.25, -0.2) is 17.9 Å². The minimum Gasteiger partial charge on any atom is -0.478 e. The molecule has 0 aromatic heterocycles. The van der Waals surface area contributed by atoms with Gasteiger partial charge in [-0.2, -0.15) is 0 Å². The van der Waals surface area contributed by atoms with Crippen LogP contribution >= 0.6 is 0 Å². The summed E-state index contributed by atoms with van der Waals surface area (Å²) in [6.45, 7) is 1.69. The van der Waals surface area contributed by atoms with Crippen molar-refractivity contribution >= 4 is 27.6 Å². The topological polar surface area (TPSA) is 113 Å². The number of carboxylic acid groups (broad SMARTS) is 1. The molecule has 3 N–H and O–H groups in total. The highest BCUT2D eigenvalue weighted by Gasteiger charge is 2.13. The van der Waals surface area contributed by atoms with Crippen molar-refractivity contribution in [2.75, 3.05) is 12.4 Å². The van der Waals surface area contributed by atoms with Crippen LogP contribution in [0.2, 0.25) is 0 Å². The van der Waals surface area contributed by atoms with E-state index < -0.39 is 21.9 Å². The number of aryl methyl sites for hydroxylation is 1. The Morgan fingerprint density at radius 1 is 1.25 bits per heavy atom. The lowest BCUT2D eigenvalue weighted by Gasteiger charge is -2.09. The lowest BCUT2D eigenvalue weighted by atomic mass is 10.2. The first-order valence-corrected chi connectivity index (χ1v) is 7.01. The van der Waals surface area contributed by atoms with E-state index in [0.29, 0.717) is 17.3 Å². The summed E-state index contributed by atoms with van der Waals surface area (Å²) in [5, 5.41) is 10.8. The molecule has 0 heterocycles. The van der Waals surface area contributed by atoms with Crippen LogP contribution in [-0.2, 0) is 19.6 Å². The molecule has 0 spiro atoms. The number of rotatable bonds is 5. The Hall–Kier alpha value is -2.19. The van der Waals surface area contributed by atoms with E-state index in [1.807, 2.05) is 0 Å². The summed E-state index contributed by atoms with van der Waals surface area (Å²) in [6.07, 6.45) is 1.54. The number of anilines is 1. The van der Waals surface area contributed by atoms with Crippen LogP contribution in [0.1, 0.15) is 5.56 Å². The Morgan fingerprint density at radius 2 is 1.90 bits per heavy atom. The van der Waals surface area contributed by atoms with Crippen molar-refractivity contribution in [1.82, 2.24) is 4.72 Å². The Morgan fingerprint density at radius 3 is 2.45 bits per heavy atom. The van der Waals surface area contributed by atoms with E-state index in [9.17, 15) is 18.0 Å². The summed E-state index contributed by atoms with van der Waals surface area (Å²) in [7, 11) is -2.33. The molecule has 0 aliphatic carbocycles. The Bertz CT molecular complexity index is 664. The highest BCUT2D eigenvalue weighted by Crippen LogP contribution is 2.20. The van der Waals surface area contributed by atoms with Crippen LogP contribution in [0.5, 0.6) is 0 Å². The van der Waals surface area contributed by atoms with Crippen molar-refractivity contribution in [3.05, 3.63) is 35.9 Å². The van der Waals surface area contributed by atoms with Gasteiger partial charge in [0.05, 0.1) is 4.90 Å². The zero-order valence-corrected chi connectivity index (χ0v) is 11.7. The number of carbonyl (C=O) groups is 2. The standard InChI is InChI=1S/C12H14N2O5S/c1-8-3-4-9(20(18,19)13-2)7-10(8)14-11(15)5-6-12(16)17/h3-7,13H,1-2H3,(H,14,15)(H,16,17)/b6-5+.